The molecule has 0 aromatic heterocycles. The van der Waals surface area contributed by atoms with Crippen LogP contribution in [0.4, 0.5) is 10.5 Å². The molecule has 2 atom stereocenters. The standard InChI is InChI=1S/C32H47N3O5/c1-8-9-10-11-12-20-35(30(38)26(21-36)33-31(39)40-32(5,6)7)28(25-18-16-22(2)17-19-25)29(37)34-27-23(3)14-13-15-24(27)4/h13-19,26,28,36H,8-12,20-21H2,1-7H3,(H,33,39)(H,34,37). The molecule has 0 saturated heterocycles. The van der Waals surface area contributed by atoms with E-state index in [1.807, 2.05) is 63.2 Å². The van der Waals surface area contributed by atoms with Gasteiger partial charge in [0, 0.05) is 12.2 Å². The zero-order chi connectivity index (χ0) is 29.9. The quantitative estimate of drug-likeness (QED) is 0.265. The minimum atomic E-state index is -1.27. The van der Waals surface area contributed by atoms with Gasteiger partial charge in [-0.15, -0.1) is 0 Å². The predicted molar refractivity (Wildman–Crippen MR) is 159 cm³/mol. The number of nitrogens with one attached hydrogen (secondary N) is 2. The molecule has 0 saturated carbocycles. The fourth-order valence-corrected chi connectivity index (χ4v) is 4.51. The number of amides is 3. The molecular weight excluding hydrogens is 506 g/mol. The van der Waals surface area contributed by atoms with E-state index in [1.54, 1.807) is 20.8 Å². The first kappa shape index (κ1) is 32.8. The van der Waals surface area contributed by atoms with Crippen molar-refractivity contribution in [3.8, 4) is 0 Å². The predicted octanol–water partition coefficient (Wildman–Crippen LogP) is 5.98. The summed E-state index contributed by atoms with van der Waals surface area (Å²) >= 11 is 0. The number of alkyl carbamates (subject to hydrolysis) is 1. The number of unbranched alkanes of at least 4 members (excludes halogenated alkanes) is 4. The second kappa shape index (κ2) is 15.4. The van der Waals surface area contributed by atoms with Crippen molar-refractivity contribution in [2.24, 2.45) is 0 Å². The zero-order valence-corrected chi connectivity index (χ0v) is 25.2. The molecule has 0 fully saturated rings. The smallest absolute Gasteiger partial charge is 0.408 e. The molecule has 0 aliphatic heterocycles. The van der Waals surface area contributed by atoms with Crippen molar-refractivity contribution in [2.45, 2.75) is 98.3 Å². The minimum Gasteiger partial charge on any atom is -0.444 e. The van der Waals surface area contributed by atoms with Crippen LogP contribution in [0.15, 0.2) is 42.5 Å². The number of rotatable bonds is 13. The van der Waals surface area contributed by atoms with Crippen LogP contribution < -0.4 is 10.6 Å². The molecule has 8 heteroatoms. The van der Waals surface area contributed by atoms with Crippen LogP contribution in [0.3, 0.4) is 0 Å². The van der Waals surface area contributed by atoms with E-state index in [2.05, 4.69) is 17.6 Å². The van der Waals surface area contributed by atoms with Gasteiger partial charge in [-0.05, 0) is 64.7 Å². The molecule has 0 radical (unpaired) electrons. The van der Waals surface area contributed by atoms with E-state index < -0.39 is 36.3 Å². The fraction of sp³-hybridized carbons (Fsp3) is 0.531. The lowest BCUT2D eigenvalue weighted by Crippen LogP contribution is -2.54. The third kappa shape index (κ3) is 9.97. The molecule has 2 rings (SSSR count). The first-order valence-electron chi connectivity index (χ1n) is 14.2. The molecule has 220 valence electrons. The number of hydrogen-bond donors (Lipinski definition) is 3. The lowest BCUT2D eigenvalue weighted by atomic mass is 10.00. The van der Waals surface area contributed by atoms with E-state index in [0.717, 1.165) is 42.4 Å². The highest BCUT2D eigenvalue weighted by atomic mass is 16.6. The molecule has 0 aliphatic rings. The van der Waals surface area contributed by atoms with Crippen LogP contribution in [-0.4, -0.2) is 52.7 Å². The van der Waals surface area contributed by atoms with Crippen molar-refractivity contribution in [1.82, 2.24) is 10.2 Å². The van der Waals surface area contributed by atoms with E-state index in [9.17, 15) is 19.5 Å². The molecule has 2 aromatic carbocycles. The number of carbonyl (C=O) groups is 3. The average molecular weight is 554 g/mol. The summed E-state index contributed by atoms with van der Waals surface area (Å²) in [4.78, 5) is 42.0. The number of para-hydroxylation sites is 1. The van der Waals surface area contributed by atoms with Crippen LogP contribution >= 0.6 is 0 Å². The van der Waals surface area contributed by atoms with Crippen LogP contribution in [0.1, 0.15) is 88.1 Å². The molecule has 3 N–H and O–H groups in total. The van der Waals surface area contributed by atoms with Crippen LogP contribution in [0.25, 0.3) is 0 Å². The Morgan fingerprint density at radius 3 is 2.08 bits per heavy atom. The summed E-state index contributed by atoms with van der Waals surface area (Å²) in [6, 6.07) is 11.0. The van der Waals surface area contributed by atoms with Gasteiger partial charge in [-0.25, -0.2) is 4.79 Å². The summed E-state index contributed by atoms with van der Waals surface area (Å²) in [5, 5.41) is 15.7. The van der Waals surface area contributed by atoms with E-state index in [0.29, 0.717) is 17.7 Å². The number of ether oxygens (including phenoxy) is 1. The molecule has 2 unspecified atom stereocenters. The van der Waals surface area contributed by atoms with E-state index in [4.69, 9.17) is 4.74 Å². The Labute approximate surface area is 239 Å². The molecule has 40 heavy (non-hydrogen) atoms. The van der Waals surface area contributed by atoms with Gasteiger partial charge in [0.05, 0.1) is 6.61 Å². The summed E-state index contributed by atoms with van der Waals surface area (Å²) in [7, 11) is 0. The maximum absolute atomic E-state index is 14.0. The van der Waals surface area contributed by atoms with E-state index in [-0.39, 0.29) is 12.5 Å². The second-order valence-corrected chi connectivity index (χ2v) is 11.4. The first-order valence-corrected chi connectivity index (χ1v) is 14.2. The summed E-state index contributed by atoms with van der Waals surface area (Å²) in [5.74, 6) is -0.914. The highest BCUT2D eigenvalue weighted by Crippen LogP contribution is 2.28. The topological polar surface area (TPSA) is 108 Å². The van der Waals surface area contributed by atoms with Gasteiger partial charge in [0.15, 0.2) is 0 Å². The Morgan fingerprint density at radius 1 is 0.925 bits per heavy atom. The van der Waals surface area contributed by atoms with Gasteiger partial charge in [0.2, 0.25) is 5.91 Å². The maximum atomic E-state index is 14.0. The van der Waals surface area contributed by atoms with E-state index in [1.165, 1.54) is 4.90 Å². The molecule has 0 heterocycles. The molecule has 0 bridgehead atoms. The fourth-order valence-electron chi connectivity index (χ4n) is 4.51. The Hall–Kier alpha value is -3.39. The average Bonchev–Trinajstić information content (AvgIpc) is 2.88. The molecule has 0 spiro atoms. The van der Waals surface area contributed by atoms with Crippen LogP contribution in [-0.2, 0) is 14.3 Å². The van der Waals surface area contributed by atoms with Crippen molar-refractivity contribution in [1.29, 1.82) is 0 Å². The maximum Gasteiger partial charge on any atom is 0.408 e. The van der Waals surface area contributed by atoms with Crippen molar-refractivity contribution < 1.29 is 24.2 Å². The number of nitrogens with zero attached hydrogens (tertiary/aromatic N) is 1. The second-order valence-electron chi connectivity index (χ2n) is 11.4. The number of aliphatic hydroxyl groups excluding tert-OH is 1. The third-order valence-electron chi connectivity index (χ3n) is 6.64. The van der Waals surface area contributed by atoms with Crippen molar-refractivity contribution in [3.05, 3.63) is 64.7 Å². The number of anilines is 1. The molecule has 3 amide bonds. The van der Waals surface area contributed by atoms with Gasteiger partial charge in [0.1, 0.15) is 17.7 Å². The molecular formula is C32H47N3O5. The van der Waals surface area contributed by atoms with Gasteiger partial charge < -0.3 is 25.4 Å². The van der Waals surface area contributed by atoms with Crippen molar-refractivity contribution in [3.63, 3.8) is 0 Å². The number of carbonyl (C=O) groups excluding carboxylic acids is 3. The molecule has 2 aromatic rings. The van der Waals surface area contributed by atoms with Crippen LogP contribution in [0.2, 0.25) is 0 Å². The Morgan fingerprint density at radius 2 is 1.52 bits per heavy atom. The Kier molecular flexibility index (Phi) is 12.6. The van der Waals surface area contributed by atoms with Crippen molar-refractivity contribution >= 4 is 23.6 Å². The molecule has 8 nitrogen and oxygen atoms in total. The van der Waals surface area contributed by atoms with Gasteiger partial charge in [-0.2, -0.15) is 0 Å². The lowest BCUT2D eigenvalue weighted by Gasteiger charge is -2.34. The zero-order valence-electron chi connectivity index (χ0n) is 25.2. The number of hydrogen-bond acceptors (Lipinski definition) is 5. The van der Waals surface area contributed by atoms with Crippen LogP contribution in [0, 0.1) is 20.8 Å². The van der Waals surface area contributed by atoms with Gasteiger partial charge in [-0.3, -0.25) is 9.59 Å². The Balaban J connectivity index is 2.49. The lowest BCUT2D eigenvalue weighted by molar-refractivity contribution is -0.141. The molecule has 0 aliphatic carbocycles. The number of aryl methyl sites for hydroxylation is 3. The van der Waals surface area contributed by atoms with Gasteiger partial charge in [0.25, 0.3) is 5.91 Å². The SMILES string of the molecule is CCCCCCCN(C(=O)C(CO)NC(=O)OC(C)(C)C)C(C(=O)Nc1c(C)cccc1C)c1ccc(C)cc1. The first-order chi connectivity index (χ1) is 18.9. The van der Waals surface area contributed by atoms with Crippen LogP contribution in [0.5, 0.6) is 0 Å². The number of aliphatic hydroxyl groups is 1. The largest absolute Gasteiger partial charge is 0.444 e. The van der Waals surface area contributed by atoms with E-state index >= 15 is 0 Å². The summed E-state index contributed by atoms with van der Waals surface area (Å²) in [5.41, 5.74) is 3.41. The normalized spacial score (nSPS) is 12.8. The summed E-state index contributed by atoms with van der Waals surface area (Å²) in [6.45, 7) is 12.7. The highest BCUT2D eigenvalue weighted by molar-refractivity contribution is 5.99. The minimum absolute atomic E-state index is 0.285. The third-order valence-corrected chi connectivity index (χ3v) is 6.64. The van der Waals surface area contributed by atoms with Gasteiger partial charge >= 0.3 is 6.09 Å². The Bertz CT molecular complexity index is 1100. The highest BCUT2D eigenvalue weighted by Gasteiger charge is 2.36. The van der Waals surface area contributed by atoms with Crippen molar-refractivity contribution in [2.75, 3.05) is 18.5 Å². The summed E-state index contributed by atoms with van der Waals surface area (Å²) in [6.07, 6.45) is 3.94. The van der Waals surface area contributed by atoms with Gasteiger partial charge in [-0.1, -0.05) is 80.6 Å². The number of benzene rings is 2. The monoisotopic (exact) mass is 553 g/mol. The summed E-state index contributed by atoms with van der Waals surface area (Å²) < 4.78 is 5.33.